The minimum atomic E-state index is -0.581. The number of amidine groups is 1. The molecule has 6 nitrogen and oxygen atoms in total. The molecule has 2 heterocycles. The Morgan fingerprint density at radius 3 is 2.60 bits per heavy atom. The van der Waals surface area contributed by atoms with Crippen molar-refractivity contribution in [2.24, 2.45) is 10.9 Å². The molecule has 1 N–H and O–H groups in total. The van der Waals surface area contributed by atoms with Crippen LogP contribution < -0.4 is 5.32 Å². The van der Waals surface area contributed by atoms with E-state index in [9.17, 15) is 9.59 Å². The van der Waals surface area contributed by atoms with Crippen LogP contribution in [0.2, 0.25) is 5.02 Å². The Balaban J connectivity index is 1.60. The van der Waals surface area contributed by atoms with Crippen molar-refractivity contribution in [2.45, 2.75) is 32.2 Å². The predicted molar refractivity (Wildman–Crippen MR) is 139 cm³/mol. The Morgan fingerprint density at radius 1 is 1.14 bits per heavy atom. The van der Waals surface area contributed by atoms with Gasteiger partial charge in [0.2, 0.25) is 5.91 Å². The summed E-state index contributed by atoms with van der Waals surface area (Å²) in [6.45, 7) is 2.72. The SMILES string of the molecule is CCOC(=O)C1=C(c2ccccc2)N=C2SC=C(CC(=O)NCC3CC3)N2[C@@H]1c1ccccc1Cl. The standard InChI is InChI=1S/C27H26ClN3O3S/c1-2-34-26(33)23-24(18-8-4-3-5-9-18)30-27-31(25(23)20-10-6-7-11-21(20)28)19(16-35-27)14-22(32)29-15-17-12-13-17/h3-11,16-17,25H,2,12-15H2,1H3,(H,29,32)/t25-/m1/s1. The lowest BCUT2D eigenvalue weighted by Crippen LogP contribution is -2.38. The first-order chi connectivity index (χ1) is 17.1. The number of amides is 1. The molecule has 35 heavy (non-hydrogen) atoms. The van der Waals surface area contributed by atoms with E-state index in [1.807, 2.05) is 64.9 Å². The molecule has 0 unspecified atom stereocenters. The molecule has 3 aliphatic rings. The third kappa shape index (κ3) is 5.02. The van der Waals surface area contributed by atoms with Crippen molar-refractivity contribution in [3.8, 4) is 0 Å². The summed E-state index contributed by atoms with van der Waals surface area (Å²) in [5, 5.41) is 6.21. The van der Waals surface area contributed by atoms with Gasteiger partial charge in [-0.05, 0) is 42.7 Å². The topological polar surface area (TPSA) is 71.0 Å². The number of thioether (sulfide) groups is 1. The van der Waals surface area contributed by atoms with Crippen molar-refractivity contribution >= 4 is 46.1 Å². The Labute approximate surface area is 214 Å². The molecule has 1 amide bonds. The zero-order chi connectivity index (χ0) is 24.4. The molecule has 1 aliphatic carbocycles. The number of nitrogens with one attached hydrogen (secondary N) is 1. The zero-order valence-corrected chi connectivity index (χ0v) is 20.9. The molecule has 0 spiro atoms. The Hall–Kier alpha value is -3.03. The van der Waals surface area contributed by atoms with Crippen LogP contribution in [0.3, 0.4) is 0 Å². The molecule has 8 heteroatoms. The Bertz CT molecular complexity index is 1240. The average Bonchev–Trinajstić information content (AvgIpc) is 3.62. The van der Waals surface area contributed by atoms with Crippen molar-refractivity contribution in [1.29, 1.82) is 0 Å². The Kier molecular flexibility index (Phi) is 6.97. The van der Waals surface area contributed by atoms with E-state index in [-0.39, 0.29) is 18.9 Å². The fourth-order valence-electron chi connectivity index (χ4n) is 4.29. The van der Waals surface area contributed by atoms with Crippen molar-refractivity contribution in [2.75, 3.05) is 13.2 Å². The molecule has 2 aromatic carbocycles. The summed E-state index contributed by atoms with van der Waals surface area (Å²) in [7, 11) is 0. The van der Waals surface area contributed by atoms with E-state index in [4.69, 9.17) is 21.3 Å². The monoisotopic (exact) mass is 507 g/mol. The Morgan fingerprint density at radius 2 is 1.89 bits per heavy atom. The summed E-state index contributed by atoms with van der Waals surface area (Å²) in [6, 6.07) is 16.5. The maximum atomic E-state index is 13.5. The molecule has 0 saturated heterocycles. The van der Waals surface area contributed by atoms with Gasteiger partial charge in [-0.25, -0.2) is 9.79 Å². The summed E-state index contributed by atoms with van der Waals surface area (Å²) in [5.74, 6) is 0.104. The van der Waals surface area contributed by atoms with Gasteiger partial charge in [-0.2, -0.15) is 0 Å². The van der Waals surface area contributed by atoms with Gasteiger partial charge in [0.25, 0.3) is 0 Å². The van der Waals surface area contributed by atoms with Crippen LogP contribution in [0.5, 0.6) is 0 Å². The van der Waals surface area contributed by atoms with Crippen LogP contribution in [-0.4, -0.2) is 35.1 Å². The molecule has 0 bridgehead atoms. The predicted octanol–water partition coefficient (Wildman–Crippen LogP) is 5.53. The smallest absolute Gasteiger partial charge is 0.338 e. The van der Waals surface area contributed by atoms with Crippen LogP contribution in [0.1, 0.15) is 43.4 Å². The van der Waals surface area contributed by atoms with Gasteiger partial charge in [-0.3, -0.25) is 4.79 Å². The lowest BCUT2D eigenvalue weighted by molar-refractivity contribution is -0.139. The van der Waals surface area contributed by atoms with E-state index in [2.05, 4.69) is 5.32 Å². The highest BCUT2D eigenvalue weighted by atomic mass is 35.5. The molecule has 0 aromatic heterocycles. The normalized spacial score (nSPS) is 19.1. The second-order valence-electron chi connectivity index (χ2n) is 8.69. The van der Waals surface area contributed by atoms with E-state index in [0.717, 1.165) is 16.8 Å². The number of hydrogen-bond acceptors (Lipinski definition) is 6. The number of carbonyl (C=O) groups is 2. The van der Waals surface area contributed by atoms with Crippen molar-refractivity contribution in [3.63, 3.8) is 0 Å². The van der Waals surface area contributed by atoms with Gasteiger partial charge in [0.05, 0.1) is 30.3 Å². The third-order valence-corrected chi connectivity index (χ3v) is 7.41. The van der Waals surface area contributed by atoms with Gasteiger partial charge in [-0.15, -0.1) is 0 Å². The third-order valence-electron chi connectivity index (χ3n) is 6.18. The second-order valence-corrected chi connectivity index (χ2v) is 9.93. The molecule has 5 rings (SSSR count). The number of fused-ring (bicyclic) bond motifs is 1. The summed E-state index contributed by atoms with van der Waals surface area (Å²) in [4.78, 5) is 33.1. The molecule has 1 atom stereocenters. The number of hydrogen-bond donors (Lipinski definition) is 1. The van der Waals surface area contributed by atoms with Crippen LogP contribution in [0.4, 0.5) is 0 Å². The van der Waals surface area contributed by atoms with E-state index in [1.165, 1.54) is 24.6 Å². The fourth-order valence-corrected chi connectivity index (χ4v) is 5.44. The van der Waals surface area contributed by atoms with Gasteiger partial charge in [0, 0.05) is 22.8 Å². The molecule has 2 aromatic rings. The first-order valence-electron chi connectivity index (χ1n) is 11.8. The lowest BCUT2D eigenvalue weighted by atomic mass is 9.91. The molecule has 0 radical (unpaired) electrons. The van der Waals surface area contributed by atoms with Gasteiger partial charge < -0.3 is 15.0 Å². The average molecular weight is 508 g/mol. The number of rotatable bonds is 8. The van der Waals surface area contributed by atoms with Crippen LogP contribution in [0.15, 0.2) is 76.3 Å². The van der Waals surface area contributed by atoms with Gasteiger partial charge >= 0.3 is 5.97 Å². The molecule has 180 valence electrons. The summed E-state index contributed by atoms with van der Waals surface area (Å²) >= 11 is 8.13. The van der Waals surface area contributed by atoms with Gasteiger partial charge in [-0.1, -0.05) is 71.9 Å². The molecular formula is C27H26ClN3O3S. The van der Waals surface area contributed by atoms with Crippen LogP contribution in [0.25, 0.3) is 5.70 Å². The summed E-state index contributed by atoms with van der Waals surface area (Å²) < 4.78 is 5.52. The molecular weight excluding hydrogens is 482 g/mol. The summed E-state index contributed by atoms with van der Waals surface area (Å²) in [5.41, 5.74) is 3.31. The van der Waals surface area contributed by atoms with Crippen molar-refractivity contribution < 1.29 is 14.3 Å². The maximum absolute atomic E-state index is 13.5. The largest absolute Gasteiger partial charge is 0.463 e. The van der Waals surface area contributed by atoms with E-state index in [1.54, 1.807) is 6.92 Å². The number of nitrogens with zero attached hydrogens (tertiary/aromatic N) is 2. The van der Waals surface area contributed by atoms with Crippen LogP contribution in [0, 0.1) is 5.92 Å². The maximum Gasteiger partial charge on any atom is 0.338 e. The van der Waals surface area contributed by atoms with E-state index in [0.29, 0.717) is 33.9 Å². The molecule has 1 fully saturated rings. The number of esters is 1. The first kappa shape index (κ1) is 23.7. The van der Waals surface area contributed by atoms with Gasteiger partial charge in [0.15, 0.2) is 5.17 Å². The van der Waals surface area contributed by atoms with E-state index >= 15 is 0 Å². The number of ether oxygens (including phenoxy) is 1. The second kappa shape index (κ2) is 10.3. The van der Waals surface area contributed by atoms with Crippen LogP contribution in [-0.2, 0) is 14.3 Å². The number of aliphatic imine (C=N–C) groups is 1. The fraction of sp³-hybridized carbons (Fsp3) is 0.296. The quantitative estimate of drug-likeness (QED) is 0.475. The van der Waals surface area contributed by atoms with Gasteiger partial charge in [0.1, 0.15) is 0 Å². The van der Waals surface area contributed by atoms with Crippen molar-refractivity contribution in [1.82, 2.24) is 10.2 Å². The number of carbonyl (C=O) groups excluding carboxylic acids is 2. The molecule has 2 aliphatic heterocycles. The highest BCUT2D eigenvalue weighted by Gasteiger charge is 2.43. The molecule has 1 saturated carbocycles. The lowest BCUT2D eigenvalue weighted by Gasteiger charge is -2.37. The highest BCUT2D eigenvalue weighted by Crippen LogP contribution is 2.48. The first-order valence-corrected chi connectivity index (χ1v) is 13.0. The minimum Gasteiger partial charge on any atom is -0.463 e. The highest BCUT2D eigenvalue weighted by molar-refractivity contribution is 8.16. The van der Waals surface area contributed by atoms with Crippen LogP contribution >= 0.6 is 23.4 Å². The number of halogens is 1. The van der Waals surface area contributed by atoms with E-state index < -0.39 is 12.0 Å². The zero-order valence-electron chi connectivity index (χ0n) is 19.4. The van der Waals surface area contributed by atoms with Crippen molar-refractivity contribution in [3.05, 3.63) is 87.4 Å². The number of benzene rings is 2. The summed E-state index contributed by atoms with van der Waals surface area (Å²) in [6.07, 6.45) is 2.54. The minimum absolute atomic E-state index is 0.0431.